The molecule has 110 valence electrons. The van der Waals surface area contributed by atoms with Gasteiger partial charge < -0.3 is 9.88 Å². The molecule has 2 aromatic rings. The Labute approximate surface area is 125 Å². The van der Waals surface area contributed by atoms with Crippen LogP contribution in [0.3, 0.4) is 0 Å². The zero-order valence-corrected chi connectivity index (χ0v) is 12.8. The van der Waals surface area contributed by atoms with Gasteiger partial charge in [0.15, 0.2) is 0 Å². The first-order chi connectivity index (χ1) is 10.1. The van der Waals surface area contributed by atoms with E-state index in [1.165, 1.54) is 12.8 Å². The summed E-state index contributed by atoms with van der Waals surface area (Å²) in [5, 5.41) is 3.00. The van der Waals surface area contributed by atoms with Crippen LogP contribution in [-0.4, -0.2) is 15.5 Å². The number of hydrogen-bond donors (Lipinski definition) is 1. The van der Waals surface area contributed by atoms with Gasteiger partial charge in [-0.3, -0.25) is 4.79 Å². The minimum absolute atomic E-state index is 0.114. The number of anilines is 1. The molecule has 21 heavy (non-hydrogen) atoms. The Morgan fingerprint density at radius 1 is 1.29 bits per heavy atom. The average molecular weight is 283 g/mol. The minimum Gasteiger partial charge on any atom is -0.326 e. The van der Waals surface area contributed by atoms with E-state index in [0.717, 1.165) is 22.8 Å². The summed E-state index contributed by atoms with van der Waals surface area (Å²) < 4.78 is 2.05. The maximum Gasteiger partial charge on any atom is 0.227 e. The Hall–Kier alpha value is -2.10. The van der Waals surface area contributed by atoms with Crippen LogP contribution in [0.2, 0.25) is 0 Å². The van der Waals surface area contributed by atoms with Crippen molar-refractivity contribution in [2.45, 2.75) is 33.6 Å². The molecule has 1 fully saturated rings. The predicted molar refractivity (Wildman–Crippen MR) is 83.6 cm³/mol. The molecule has 0 saturated heterocycles. The van der Waals surface area contributed by atoms with Crippen molar-refractivity contribution < 1.29 is 4.79 Å². The maximum atomic E-state index is 12.1. The first-order valence-corrected chi connectivity index (χ1v) is 7.48. The third-order valence-electron chi connectivity index (χ3n) is 4.41. The van der Waals surface area contributed by atoms with Crippen LogP contribution in [0.5, 0.6) is 0 Å². The molecule has 1 aromatic carbocycles. The van der Waals surface area contributed by atoms with Crippen LogP contribution >= 0.6 is 0 Å². The van der Waals surface area contributed by atoms with Gasteiger partial charge in [-0.1, -0.05) is 6.92 Å². The van der Waals surface area contributed by atoms with Crippen LogP contribution in [0.15, 0.2) is 30.6 Å². The fourth-order valence-corrected chi connectivity index (χ4v) is 2.53. The highest BCUT2D eigenvalue weighted by Gasteiger charge is 2.32. The monoisotopic (exact) mass is 283 g/mol. The lowest BCUT2D eigenvalue weighted by Gasteiger charge is -2.12. The van der Waals surface area contributed by atoms with Gasteiger partial charge in [0.25, 0.3) is 0 Å². The predicted octanol–water partition coefficient (Wildman–Crippen LogP) is 3.47. The summed E-state index contributed by atoms with van der Waals surface area (Å²) >= 11 is 0. The third kappa shape index (κ3) is 2.84. The molecule has 1 saturated carbocycles. The number of carbonyl (C=O) groups excluding carboxylic acids is 1. The van der Waals surface area contributed by atoms with Gasteiger partial charge in [0, 0.05) is 23.0 Å². The van der Waals surface area contributed by atoms with E-state index in [-0.39, 0.29) is 11.8 Å². The quantitative estimate of drug-likeness (QED) is 0.934. The molecule has 4 heteroatoms. The van der Waals surface area contributed by atoms with Crippen molar-refractivity contribution in [3.05, 3.63) is 42.0 Å². The minimum atomic E-state index is 0.114. The van der Waals surface area contributed by atoms with Gasteiger partial charge in [0.1, 0.15) is 0 Å². The normalized spacial score (nSPS) is 15.8. The van der Waals surface area contributed by atoms with Crippen LogP contribution in [0.4, 0.5) is 5.69 Å². The number of hydrogen-bond acceptors (Lipinski definition) is 2. The Morgan fingerprint density at radius 2 is 1.95 bits per heavy atom. The lowest BCUT2D eigenvalue weighted by atomic mass is 10.1. The lowest BCUT2D eigenvalue weighted by molar-refractivity contribution is -0.119. The van der Waals surface area contributed by atoms with Gasteiger partial charge in [-0.05, 0) is 56.9 Å². The molecule has 1 amide bonds. The van der Waals surface area contributed by atoms with Crippen LogP contribution in [0.25, 0.3) is 5.69 Å². The molecule has 0 bridgehead atoms. The van der Waals surface area contributed by atoms with Crippen LogP contribution in [-0.2, 0) is 4.79 Å². The molecule has 1 aliphatic rings. The number of benzene rings is 1. The highest BCUT2D eigenvalue weighted by Crippen LogP contribution is 2.37. The fraction of sp³-hybridized carbons (Fsp3) is 0.412. The van der Waals surface area contributed by atoms with Crippen LogP contribution < -0.4 is 5.32 Å². The summed E-state index contributed by atoms with van der Waals surface area (Å²) in [6, 6.07) is 7.90. The van der Waals surface area contributed by atoms with Crippen LogP contribution in [0.1, 0.15) is 31.2 Å². The number of aryl methyl sites for hydroxylation is 1. The summed E-state index contributed by atoms with van der Waals surface area (Å²) in [6.45, 7) is 6.06. The molecule has 0 spiro atoms. The van der Waals surface area contributed by atoms with E-state index in [1.807, 2.05) is 49.0 Å². The average Bonchev–Trinajstić information content (AvgIpc) is 3.27. The van der Waals surface area contributed by atoms with Gasteiger partial charge >= 0.3 is 0 Å². The van der Waals surface area contributed by atoms with E-state index < -0.39 is 0 Å². The van der Waals surface area contributed by atoms with E-state index in [4.69, 9.17) is 0 Å². The number of carbonyl (C=O) groups is 1. The molecule has 0 aliphatic heterocycles. The number of nitrogens with zero attached hydrogens (tertiary/aromatic N) is 2. The van der Waals surface area contributed by atoms with E-state index in [1.54, 1.807) is 0 Å². The molecule has 1 heterocycles. The van der Waals surface area contributed by atoms with Crippen LogP contribution in [0, 0.1) is 25.7 Å². The summed E-state index contributed by atoms with van der Waals surface area (Å²) in [5.74, 6) is 0.823. The number of aromatic nitrogens is 2. The summed E-state index contributed by atoms with van der Waals surface area (Å²) in [7, 11) is 0. The van der Waals surface area contributed by atoms with Crippen molar-refractivity contribution in [2.75, 3.05) is 5.32 Å². The Bertz CT molecular complexity index is 653. The first kappa shape index (κ1) is 13.9. The van der Waals surface area contributed by atoms with Crippen molar-refractivity contribution in [3.8, 4) is 5.69 Å². The SMILES string of the molecule is Cc1ncn(-c2ccc(NC(=O)C(C)C3CC3)cc2)c1C. The zero-order valence-electron chi connectivity index (χ0n) is 12.8. The molecular weight excluding hydrogens is 262 g/mol. The summed E-state index contributed by atoms with van der Waals surface area (Å²) in [4.78, 5) is 16.4. The number of rotatable bonds is 4. The maximum absolute atomic E-state index is 12.1. The standard InChI is InChI=1S/C17H21N3O/c1-11(14-4-5-14)17(21)19-15-6-8-16(9-7-15)20-10-18-12(2)13(20)3/h6-11,14H,4-5H2,1-3H3,(H,19,21). The molecule has 1 N–H and O–H groups in total. The Kier molecular flexibility index (Phi) is 3.53. The molecule has 4 nitrogen and oxygen atoms in total. The Balaban J connectivity index is 1.72. The summed E-state index contributed by atoms with van der Waals surface area (Å²) in [5.41, 5.74) is 4.08. The van der Waals surface area contributed by atoms with Crippen molar-refractivity contribution in [2.24, 2.45) is 11.8 Å². The van der Waals surface area contributed by atoms with Gasteiger partial charge in [-0.25, -0.2) is 4.98 Å². The van der Waals surface area contributed by atoms with Crippen molar-refractivity contribution in [1.82, 2.24) is 9.55 Å². The molecule has 1 aliphatic carbocycles. The van der Waals surface area contributed by atoms with Gasteiger partial charge in [0.05, 0.1) is 12.0 Å². The smallest absolute Gasteiger partial charge is 0.227 e. The highest BCUT2D eigenvalue weighted by atomic mass is 16.1. The van der Waals surface area contributed by atoms with Crippen molar-refractivity contribution in [3.63, 3.8) is 0 Å². The van der Waals surface area contributed by atoms with E-state index >= 15 is 0 Å². The molecular formula is C17H21N3O. The Morgan fingerprint density at radius 3 is 2.48 bits per heavy atom. The van der Waals surface area contributed by atoms with Crippen molar-refractivity contribution >= 4 is 11.6 Å². The molecule has 1 atom stereocenters. The molecule has 1 aromatic heterocycles. The first-order valence-electron chi connectivity index (χ1n) is 7.48. The second-order valence-corrected chi connectivity index (χ2v) is 5.95. The number of amides is 1. The topological polar surface area (TPSA) is 46.9 Å². The fourth-order valence-electron chi connectivity index (χ4n) is 2.53. The molecule has 0 radical (unpaired) electrons. The largest absolute Gasteiger partial charge is 0.326 e. The lowest BCUT2D eigenvalue weighted by Crippen LogP contribution is -2.21. The zero-order chi connectivity index (χ0) is 15.0. The molecule has 1 unspecified atom stereocenters. The highest BCUT2D eigenvalue weighted by molar-refractivity contribution is 5.92. The van der Waals surface area contributed by atoms with E-state index in [2.05, 4.69) is 17.2 Å². The van der Waals surface area contributed by atoms with Gasteiger partial charge in [0.2, 0.25) is 5.91 Å². The number of imidazole rings is 1. The molecule has 3 rings (SSSR count). The summed E-state index contributed by atoms with van der Waals surface area (Å²) in [6.07, 6.45) is 4.20. The van der Waals surface area contributed by atoms with Gasteiger partial charge in [-0.15, -0.1) is 0 Å². The number of nitrogens with one attached hydrogen (secondary N) is 1. The van der Waals surface area contributed by atoms with E-state index in [0.29, 0.717) is 5.92 Å². The second-order valence-electron chi connectivity index (χ2n) is 5.95. The second kappa shape index (κ2) is 5.35. The van der Waals surface area contributed by atoms with E-state index in [9.17, 15) is 4.79 Å². The van der Waals surface area contributed by atoms with Crippen molar-refractivity contribution in [1.29, 1.82) is 0 Å². The third-order valence-corrected chi connectivity index (χ3v) is 4.41. The van der Waals surface area contributed by atoms with Gasteiger partial charge in [-0.2, -0.15) is 0 Å².